The molecule has 0 saturated carbocycles. The third-order valence-electron chi connectivity index (χ3n) is 1.84. The molecule has 0 aliphatic rings. The third-order valence-corrected chi connectivity index (χ3v) is 1.84. The van der Waals surface area contributed by atoms with Gasteiger partial charge in [-0.25, -0.2) is 9.59 Å². The zero-order valence-corrected chi connectivity index (χ0v) is 12.4. The normalized spacial score (nSPS) is 11.1. The molecule has 1 amide bonds. The van der Waals surface area contributed by atoms with Gasteiger partial charge >= 0.3 is 17.9 Å². The van der Waals surface area contributed by atoms with Crippen LogP contribution >= 0.6 is 0 Å². The van der Waals surface area contributed by atoms with E-state index in [0.29, 0.717) is 6.61 Å². The molecule has 6 N–H and O–H groups in total. The highest BCUT2D eigenvalue weighted by atomic mass is 16.5. The lowest BCUT2D eigenvalue weighted by atomic mass is 10.2. The quantitative estimate of drug-likeness (QED) is 0.254. The predicted octanol–water partition coefficient (Wildman–Crippen LogP) is -1.83. The first-order chi connectivity index (χ1) is 10.1. The van der Waals surface area contributed by atoms with Gasteiger partial charge in [-0.05, 0) is 5.92 Å². The summed E-state index contributed by atoms with van der Waals surface area (Å²) >= 11 is 0. The molecule has 0 fully saturated rings. The number of carbonyl (C=O) groups excluding carboxylic acids is 2. The van der Waals surface area contributed by atoms with E-state index < -0.39 is 29.9 Å². The van der Waals surface area contributed by atoms with E-state index in [-0.39, 0.29) is 25.4 Å². The molecule has 0 aromatic heterocycles. The van der Waals surface area contributed by atoms with Crippen LogP contribution in [0.2, 0.25) is 0 Å². The average Bonchev–Trinajstić information content (AvgIpc) is 2.36. The summed E-state index contributed by atoms with van der Waals surface area (Å²) < 4.78 is 4.88. The monoisotopic (exact) mass is 322 g/mol. The molecule has 0 heterocycles. The van der Waals surface area contributed by atoms with E-state index in [0.717, 1.165) is 0 Å². The lowest BCUT2D eigenvalue weighted by Crippen LogP contribution is -2.35. The molecule has 0 radical (unpaired) electrons. The van der Waals surface area contributed by atoms with Crippen molar-refractivity contribution in [3.05, 3.63) is 0 Å². The average molecular weight is 322 g/mol. The number of amides is 1. The Morgan fingerprint density at radius 3 is 2.00 bits per heavy atom. The maximum Gasteiger partial charge on any atom is 0.414 e. The molecule has 0 rings (SSSR count). The van der Waals surface area contributed by atoms with E-state index in [9.17, 15) is 14.7 Å². The second kappa shape index (κ2) is 12.5. The number of carboxylic acids is 2. The van der Waals surface area contributed by atoms with Crippen LogP contribution in [0.1, 0.15) is 20.3 Å². The molecule has 1 atom stereocenters. The first-order valence-corrected chi connectivity index (χ1v) is 6.35. The molecule has 22 heavy (non-hydrogen) atoms. The van der Waals surface area contributed by atoms with Crippen molar-refractivity contribution in [3.63, 3.8) is 0 Å². The van der Waals surface area contributed by atoms with Crippen molar-refractivity contribution in [3.8, 4) is 0 Å². The van der Waals surface area contributed by atoms with Gasteiger partial charge in [-0.2, -0.15) is 0 Å². The van der Waals surface area contributed by atoms with Crippen molar-refractivity contribution in [2.75, 3.05) is 19.7 Å². The van der Waals surface area contributed by atoms with Crippen molar-refractivity contribution in [2.24, 2.45) is 11.7 Å². The van der Waals surface area contributed by atoms with Crippen molar-refractivity contribution < 1.29 is 39.2 Å². The summed E-state index contributed by atoms with van der Waals surface area (Å²) in [6.07, 6.45) is -0.947. The largest absolute Gasteiger partial charge is 0.473 e. The van der Waals surface area contributed by atoms with Crippen LogP contribution < -0.4 is 11.1 Å². The molecular weight excluding hydrogens is 300 g/mol. The smallest absolute Gasteiger partial charge is 0.414 e. The fourth-order valence-corrected chi connectivity index (χ4v) is 0.945. The lowest BCUT2D eigenvalue weighted by Gasteiger charge is -2.11. The number of nitrogens with two attached hydrogens (primary N) is 1. The van der Waals surface area contributed by atoms with Crippen LogP contribution in [-0.2, 0) is 23.9 Å². The highest BCUT2D eigenvalue weighted by Gasteiger charge is 2.12. The van der Waals surface area contributed by atoms with E-state index in [1.165, 1.54) is 0 Å². The van der Waals surface area contributed by atoms with Crippen LogP contribution in [0.15, 0.2) is 0 Å². The van der Waals surface area contributed by atoms with Gasteiger partial charge in [0.05, 0.1) is 25.7 Å². The molecular formula is C12H22N2O8. The number of aliphatic hydroxyl groups is 1. The second-order valence-electron chi connectivity index (χ2n) is 4.64. The van der Waals surface area contributed by atoms with Gasteiger partial charge in [-0.3, -0.25) is 9.59 Å². The number of carboxylic acid groups (broad SMARTS) is 2. The van der Waals surface area contributed by atoms with E-state index in [1.54, 1.807) is 0 Å². The Balaban J connectivity index is 0. The summed E-state index contributed by atoms with van der Waals surface area (Å²) in [5.74, 6) is -4.32. The van der Waals surface area contributed by atoms with Gasteiger partial charge in [0.15, 0.2) is 0 Å². The van der Waals surface area contributed by atoms with Gasteiger partial charge in [0, 0.05) is 6.54 Å². The van der Waals surface area contributed by atoms with E-state index in [2.05, 4.69) is 5.32 Å². The van der Waals surface area contributed by atoms with Crippen molar-refractivity contribution in [2.45, 2.75) is 26.4 Å². The minimum absolute atomic E-state index is 0.0158. The Kier molecular flexibility index (Phi) is 12.6. The predicted molar refractivity (Wildman–Crippen MR) is 73.8 cm³/mol. The molecule has 0 spiro atoms. The molecule has 0 aliphatic heterocycles. The number of hydrogen-bond acceptors (Lipinski definition) is 7. The number of nitrogens with one attached hydrogen (secondary N) is 1. The van der Waals surface area contributed by atoms with Crippen LogP contribution in [0.5, 0.6) is 0 Å². The SMILES string of the molecule is CC(C)COC(=O)CC(O)CNCC(N)=O.O=C(O)C(=O)O. The summed E-state index contributed by atoms with van der Waals surface area (Å²) in [7, 11) is 0. The zero-order chi connectivity index (χ0) is 17.7. The number of primary amides is 1. The number of ether oxygens (including phenoxy) is 1. The highest BCUT2D eigenvalue weighted by Crippen LogP contribution is 1.98. The number of rotatable bonds is 8. The second-order valence-corrected chi connectivity index (χ2v) is 4.64. The third kappa shape index (κ3) is 17.8. The fraction of sp³-hybridized carbons (Fsp3) is 0.667. The van der Waals surface area contributed by atoms with Gasteiger partial charge in [-0.15, -0.1) is 0 Å². The van der Waals surface area contributed by atoms with Crippen LogP contribution in [0.3, 0.4) is 0 Å². The number of carbonyl (C=O) groups is 4. The van der Waals surface area contributed by atoms with Crippen molar-refractivity contribution in [1.82, 2.24) is 5.32 Å². The highest BCUT2D eigenvalue weighted by molar-refractivity contribution is 6.27. The molecule has 0 bridgehead atoms. The lowest BCUT2D eigenvalue weighted by molar-refractivity contribution is -0.159. The summed E-state index contributed by atoms with van der Waals surface area (Å²) in [5, 5.41) is 26.8. The Labute approximate surface area is 127 Å². The Morgan fingerprint density at radius 1 is 1.14 bits per heavy atom. The number of aliphatic hydroxyl groups excluding tert-OH is 1. The van der Waals surface area contributed by atoms with Crippen LogP contribution in [0, 0.1) is 5.92 Å². The zero-order valence-electron chi connectivity index (χ0n) is 12.4. The first-order valence-electron chi connectivity index (χ1n) is 6.35. The van der Waals surface area contributed by atoms with Crippen LogP contribution in [0.4, 0.5) is 0 Å². The minimum Gasteiger partial charge on any atom is -0.473 e. The van der Waals surface area contributed by atoms with Crippen LogP contribution in [-0.4, -0.2) is 64.9 Å². The molecule has 10 heteroatoms. The topological polar surface area (TPSA) is 176 Å². The molecule has 128 valence electrons. The Hall–Kier alpha value is -2.20. The van der Waals surface area contributed by atoms with E-state index in [1.807, 2.05) is 13.8 Å². The van der Waals surface area contributed by atoms with E-state index >= 15 is 0 Å². The van der Waals surface area contributed by atoms with Gasteiger partial charge in [0.1, 0.15) is 0 Å². The standard InChI is InChI=1S/C10H20N2O4.C2H2O4/c1-7(2)6-16-10(15)3-8(13)4-12-5-9(11)14;3-1(4)2(5)6/h7-8,12-13H,3-6H2,1-2H3,(H2,11,14);(H,3,4)(H,5,6). The van der Waals surface area contributed by atoms with Gasteiger partial charge < -0.3 is 31.1 Å². The fourth-order valence-electron chi connectivity index (χ4n) is 0.945. The number of esters is 1. The Morgan fingerprint density at radius 2 is 1.64 bits per heavy atom. The molecule has 0 aliphatic carbocycles. The summed E-state index contributed by atoms with van der Waals surface area (Å²) in [4.78, 5) is 39.7. The first kappa shape index (κ1) is 22.1. The van der Waals surface area contributed by atoms with Gasteiger partial charge in [0.25, 0.3) is 0 Å². The molecule has 10 nitrogen and oxygen atoms in total. The summed E-state index contributed by atoms with van der Waals surface area (Å²) in [6, 6.07) is 0. The van der Waals surface area contributed by atoms with Crippen molar-refractivity contribution >= 4 is 23.8 Å². The Bertz CT molecular complexity index is 371. The van der Waals surface area contributed by atoms with Crippen LogP contribution in [0.25, 0.3) is 0 Å². The van der Waals surface area contributed by atoms with E-state index in [4.69, 9.17) is 30.3 Å². The summed E-state index contributed by atoms with van der Waals surface area (Å²) in [6.45, 7) is 4.33. The minimum atomic E-state index is -1.82. The molecule has 1 unspecified atom stereocenters. The molecule has 0 saturated heterocycles. The number of aliphatic carboxylic acids is 2. The maximum atomic E-state index is 11.2. The summed E-state index contributed by atoms with van der Waals surface area (Å²) in [5.41, 5.74) is 4.89. The van der Waals surface area contributed by atoms with Gasteiger partial charge in [-0.1, -0.05) is 13.8 Å². The number of hydrogen-bond donors (Lipinski definition) is 5. The van der Waals surface area contributed by atoms with Crippen molar-refractivity contribution in [1.29, 1.82) is 0 Å². The van der Waals surface area contributed by atoms with Gasteiger partial charge in [0.2, 0.25) is 5.91 Å². The molecule has 0 aromatic carbocycles. The maximum absolute atomic E-state index is 11.2. The molecule has 0 aromatic rings.